The van der Waals surface area contributed by atoms with Gasteiger partial charge in [-0.3, -0.25) is 0 Å². The Balaban J connectivity index is 1.28. The van der Waals surface area contributed by atoms with Crippen LogP contribution in [0.5, 0.6) is 0 Å². The summed E-state index contributed by atoms with van der Waals surface area (Å²) in [6.45, 7) is 35.3. The second kappa shape index (κ2) is 16.3. The third kappa shape index (κ3) is 7.47. The maximum atomic E-state index is 6.00. The molecule has 0 aromatic heterocycles. The van der Waals surface area contributed by atoms with E-state index in [1.165, 1.54) is 108 Å². The molecular weight excluding hydrogens is 848 g/mol. The van der Waals surface area contributed by atoms with Crippen molar-refractivity contribution in [1.29, 1.82) is 0 Å². The monoisotopic (exact) mass is 925 g/mol. The van der Waals surface area contributed by atoms with Gasteiger partial charge < -0.3 is 20.4 Å². The summed E-state index contributed by atoms with van der Waals surface area (Å²) in [6, 6.07) is 46.0. The summed E-state index contributed by atoms with van der Waals surface area (Å²) in [5, 5.41) is 0. The van der Waals surface area contributed by atoms with Crippen molar-refractivity contribution in [3.05, 3.63) is 167 Å². The molecule has 2 atom stereocenters. The van der Waals surface area contributed by atoms with Crippen molar-refractivity contribution in [1.82, 2.24) is 0 Å². The molecule has 4 nitrogen and oxygen atoms in total. The van der Waals surface area contributed by atoms with E-state index in [0.29, 0.717) is 0 Å². The molecule has 4 aliphatic rings. The van der Waals surface area contributed by atoms with Gasteiger partial charge >= 0.3 is 0 Å². The highest BCUT2D eigenvalue weighted by Gasteiger charge is 2.58. The molecule has 3 aliphatic heterocycles. The van der Waals surface area contributed by atoms with Gasteiger partial charge in [-0.25, -0.2) is 0 Å². The van der Waals surface area contributed by atoms with Crippen molar-refractivity contribution >= 4 is 74.2 Å². The summed E-state index contributed by atoms with van der Waals surface area (Å²) in [7, 11) is 0. The van der Waals surface area contributed by atoms with Crippen LogP contribution in [0.2, 0.25) is 0 Å². The van der Waals surface area contributed by atoms with Gasteiger partial charge in [0, 0.05) is 50.9 Å². The summed E-state index contributed by atoms with van der Waals surface area (Å²) >= 11 is 0. The molecule has 1 saturated carbocycles. The number of nitrogens with two attached hydrogens (primary N) is 1. The smallest absolute Gasteiger partial charge is 0.252 e. The molecule has 1 fully saturated rings. The van der Waals surface area contributed by atoms with Crippen LogP contribution in [0.15, 0.2) is 134 Å². The molecule has 0 spiro atoms. The highest BCUT2D eigenvalue weighted by atomic mass is 15.3. The van der Waals surface area contributed by atoms with E-state index in [0.717, 1.165) is 18.4 Å². The molecular formula is C65H77BN4. The standard InChI is InChI=1S/C65H77BN4/c1-16-42(32-35-67)43-22-31-54-51(36-43)64(14)33-17-18-34-65(64,15)70(54)50-28-30-53-56(41-50)68(48-26-23-44(24-27-48)60(2,3)4)57-39-47(63(11,12)13)40-58-59(57)66(53)52-29-25-46(62(8,9)10)38-55(52)69(58)49-21-19-20-45(37-49)61(5,6)7/h16,19-32,35-41H,17-18,33-34,67H2,1-15H3/b35-32-,42-16+. The van der Waals surface area contributed by atoms with E-state index in [1.54, 1.807) is 6.20 Å². The molecule has 0 radical (unpaired) electrons. The third-order valence-corrected chi connectivity index (χ3v) is 17.0. The minimum atomic E-state index is -0.124. The van der Waals surface area contributed by atoms with E-state index in [1.807, 2.05) is 6.08 Å². The van der Waals surface area contributed by atoms with E-state index in [-0.39, 0.29) is 39.3 Å². The number of anilines is 8. The maximum Gasteiger partial charge on any atom is 0.252 e. The molecule has 2 N–H and O–H groups in total. The van der Waals surface area contributed by atoms with Crippen LogP contribution in [0, 0.1) is 0 Å². The van der Waals surface area contributed by atoms with Gasteiger partial charge in [0.05, 0.1) is 5.54 Å². The van der Waals surface area contributed by atoms with Crippen LogP contribution < -0.4 is 36.8 Å². The maximum absolute atomic E-state index is 6.00. The first kappa shape index (κ1) is 47.7. The van der Waals surface area contributed by atoms with Gasteiger partial charge in [-0.05, 0) is 183 Å². The van der Waals surface area contributed by atoms with Gasteiger partial charge in [-0.2, -0.15) is 0 Å². The number of rotatable bonds is 5. The van der Waals surface area contributed by atoms with E-state index < -0.39 is 0 Å². The second-order valence-corrected chi connectivity index (χ2v) is 25.6. The Kier molecular flexibility index (Phi) is 11.1. The number of hydrogen-bond donors (Lipinski definition) is 1. The quantitative estimate of drug-likeness (QED) is 0.138. The van der Waals surface area contributed by atoms with Gasteiger partial charge in [0.15, 0.2) is 0 Å². The third-order valence-electron chi connectivity index (χ3n) is 17.0. The van der Waals surface area contributed by atoms with Crippen molar-refractivity contribution < 1.29 is 0 Å². The van der Waals surface area contributed by atoms with Crippen molar-refractivity contribution in [2.45, 2.75) is 162 Å². The van der Waals surface area contributed by atoms with Crippen molar-refractivity contribution in [3.8, 4) is 0 Å². The minimum absolute atomic E-state index is 0.00856. The molecule has 1 aliphatic carbocycles. The average Bonchev–Trinajstić information content (AvgIpc) is 3.51. The molecule has 70 heavy (non-hydrogen) atoms. The Hall–Kier alpha value is -5.94. The van der Waals surface area contributed by atoms with Crippen LogP contribution in [0.1, 0.15) is 163 Å². The number of allylic oxidation sites excluding steroid dienone is 3. The lowest BCUT2D eigenvalue weighted by Crippen LogP contribution is -2.61. The van der Waals surface area contributed by atoms with E-state index in [2.05, 4.69) is 240 Å². The first-order valence-electron chi connectivity index (χ1n) is 26.2. The van der Waals surface area contributed by atoms with Crippen LogP contribution >= 0.6 is 0 Å². The summed E-state index contributed by atoms with van der Waals surface area (Å²) in [4.78, 5) is 8.00. The van der Waals surface area contributed by atoms with Gasteiger partial charge in [0.1, 0.15) is 0 Å². The zero-order chi connectivity index (χ0) is 50.1. The lowest BCUT2D eigenvalue weighted by atomic mass is 9.33. The molecule has 2 unspecified atom stereocenters. The molecule has 6 aromatic rings. The zero-order valence-corrected chi connectivity index (χ0v) is 45.0. The van der Waals surface area contributed by atoms with Crippen LogP contribution in [-0.4, -0.2) is 12.3 Å². The Bertz CT molecular complexity index is 3110. The zero-order valence-electron chi connectivity index (χ0n) is 45.0. The highest BCUT2D eigenvalue weighted by molar-refractivity contribution is 7.00. The van der Waals surface area contributed by atoms with Crippen molar-refractivity contribution in [2.24, 2.45) is 5.73 Å². The summed E-state index contributed by atoms with van der Waals surface area (Å²) in [6.07, 6.45) is 10.6. The molecule has 360 valence electrons. The molecule has 0 saturated heterocycles. The topological polar surface area (TPSA) is 35.7 Å². The fourth-order valence-electron chi connectivity index (χ4n) is 12.6. The van der Waals surface area contributed by atoms with E-state index >= 15 is 0 Å². The van der Waals surface area contributed by atoms with E-state index in [9.17, 15) is 0 Å². The van der Waals surface area contributed by atoms with Gasteiger partial charge in [0.25, 0.3) is 6.71 Å². The van der Waals surface area contributed by atoms with Crippen LogP contribution in [0.3, 0.4) is 0 Å². The molecule has 0 bridgehead atoms. The molecule has 6 aromatic carbocycles. The van der Waals surface area contributed by atoms with Crippen molar-refractivity contribution in [2.75, 3.05) is 14.7 Å². The predicted octanol–water partition coefficient (Wildman–Crippen LogP) is 15.6. The Morgan fingerprint density at radius 2 is 1.07 bits per heavy atom. The van der Waals surface area contributed by atoms with Gasteiger partial charge in [-0.1, -0.05) is 157 Å². The average molecular weight is 925 g/mol. The van der Waals surface area contributed by atoms with Crippen LogP contribution in [0.25, 0.3) is 5.57 Å². The number of fused-ring (bicyclic) bond motifs is 7. The first-order valence-corrected chi connectivity index (χ1v) is 26.2. The molecule has 5 heteroatoms. The summed E-state index contributed by atoms with van der Waals surface area (Å²) < 4.78 is 0. The van der Waals surface area contributed by atoms with Crippen LogP contribution in [-0.2, 0) is 27.1 Å². The minimum Gasteiger partial charge on any atom is -0.405 e. The fourth-order valence-corrected chi connectivity index (χ4v) is 12.6. The first-order chi connectivity index (χ1) is 32.9. The molecule has 0 amide bonds. The fraction of sp³-hybridized carbons (Fsp3) is 0.385. The lowest BCUT2D eigenvalue weighted by molar-refractivity contribution is 0.195. The highest BCUT2D eigenvalue weighted by Crippen LogP contribution is 2.61. The van der Waals surface area contributed by atoms with Crippen molar-refractivity contribution in [3.63, 3.8) is 0 Å². The lowest BCUT2D eigenvalue weighted by Gasteiger charge is -2.50. The Morgan fingerprint density at radius 1 is 0.529 bits per heavy atom. The summed E-state index contributed by atoms with van der Waals surface area (Å²) in [5.41, 5.74) is 28.9. The normalized spacial score (nSPS) is 20.1. The predicted molar refractivity (Wildman–Crippen MR) is 305 cm³/mol. The number of benzene rings is 6. The largest absolute Gasteiger partial charge is 0.405 e. The SMILES string of the molecule is C/C=C(\C=C/N)c1ccc2c(c1)C1(C)CCCCC1(C)N2c1ccc2c(c1)N(c1ccc(C(C)(C)C)cc1)c1cc(C(C)(C)C)cc3c1B2c1ccc(C(C)(C)C)cc1N3c1cccc(C(C)(C)C)c1. The number of hydrogen-bond acceptors (Lipinski definition) is 4. The number of nitrogens with zero attached hydrogens (tertiary/aromatic N) is 3. The van der Waals surface area contributed by atoms with Gasteiger partial charge in [-0.15, -0.1) is 0 Å². The van der Waals surface area contributed by atoms with E-state index in [4.69, 9.17) is 5.73 Å². The molecule has 3 heterocycles. The second-order valence-electron chi connectivity index (χ2n) is 25.6. The van der Waals surface area contributed by atoms with Gasteiger partial charge in [0.2, 0.25) is 0 Å². The van der Waals surface area contributed by atoms with Crippen LogP contribution in [0.4, 0.5) is 45.5 Å². The summed E-state index contributed by atoms with van der Waals surface area (Å²) in [5.74, 6) is 0. The molecule has 10 rings (SSSR count). The Labute approximate surface area is 421 Å². The Morgan fingerprint density at radius 3 is 1.69 bits per heavy atom.